The molecule has 0 aliphatic heterocycles. The van der Waals surface area contributed by atoms with Gasteiger partial charge in [-0.1, -0.05) is 24.3 Å². The van der Waals surface area contributed by atoms with Crippen LogP contribution in [-0.4, -0.2) is 10.2 Å². The van der Waals surface area contributed by atoms with Crippen molar-refractivity contribution in [1.29, 1.82) is 0 Å². The molecule has 0 atom stereocenters. The summed E-state index contributed by atoms with van der Waals surface area (Å²) in [5.74, 6) is 0. The van der Waals surface area contributed by atoms with E-state index < -0.39 is 0 Å². The van der Waals surface area contributed by atoms with Crippen LogP contribution in [0.25, 0.3) is 0 Å². The Labute approximate surface area is 59.3 Å². The van der Waals surface area contributed by atoms with E-state index in [1.54, 1.807) is 0 Å². The van der Waals surface area contributed by atoms with Crippen molar-refractivity contribution in [2.75, 3.05) is 0 Å². The Balaban J connectivity index is 3.01. The van der Waals surface area contributed by atoms with Crippen LogP contribution in [0.3, 0.4) is 0 Å². The highest BCUT2D eigenvalue weighted by Crippen LogP contribution is 2.06. The van der Waals surface area contributed by atoms with E-state index in [2.05, 4.69) is 31.2 Å². The molecule has 1 aromatic carbocycles. The first-order valence-corrected chi connectivity index (χ1v) is 4.08. The number of rotatable bonds is 1. The van der Waals surface area contributed by atoms with E-state index >= 15 is 0 Å². The maximum Gasteiger partial charge on any atom is 0.0177 e. The molecule has 0 saturated carbocycles. The summed E-state index contributed by atoms with van der Waals surface area (Å²) in [7, 11) is 1.03. The molecule has 9 heavy (non-hydrogen) atoms. The second-order valence-corrected chi connectivity index (χ2v) is 2.56. The van der Waals surface area contributed by atoms with Crippen molar-refractivity contribution in [3.63, 3.8) is 0 Å². The molecule has 0 spiro atoms. The topological polar surface area (TPSA) is 0 Å². The quantitative estimate of drug-likeness (QED) is 0.497. The Morgan fingerprint density at radius 3 is 2.44 bits per heavy atom. The second kappa shape index (κ2) is 2.83. The first kappa shape index (κ1) is 6.56. The summed E-state index contributed by atoms with van der Waals surface area (Å²) in [5.41, 5.74) is 2.59. The molecule has 1 rings (SSSR count). The van der Waals surface area contributed by atoms with Crippen molar-refractivity contribution in [2.45, 2.75) is 6.92 Å². The number of hydrogen-bond donors (Lipinski definition) is 0. The average molecular weight is 134 g/mol. The predicted octanol–water partition coefficient (Wildman–Crippen LogP) is 0.747. The molecule has 0 heterocycles. The molecule has 0 amide bonds. The molecule has 0 aromatic heterocycles. The van der Waals surface area contributed by atoms with Gasteiger partial charge in [-0.25, -0.2) is 0 Å². The highest BCUT2D eigenvalue weighted by Gasteiger charge is 1.90. The molecular weight excluding hydrogens is 124 g/mol. The molecular formula is C8H10Si. The van der Waals surface area contributed by atoms with E-state index in [0.29, 0.717) is 0 Å². The summed E-state index contributed by atoms with van der Waals surface area (Å²) in [6.07, 6.45) is 0. The van der Waals surface area contributed by atoms with E-state index in [4.69, 9.17) is 0 Å². The zero-order chi connectivity index (χ0) is 6.69. The SMILES string of the molecule is Cc1ccccc1[C][SiH3]. The van der Waals surface area contributed by atoms with Crippen molar-refractivity contribution in [2.24, 2.45) is 0 Å². The van der Waals surface area contributed by atoms with E-state index in [0.717, 1.165) is 10.2 Å². The third kappa shape index (κ3) is 1.42. The van der Waals surface area contributed by atoms with Crippen molar-refractivity contribution in [3.05, 3.63) is 41.4 Å². The first-order valence-electron chi connectivity index (χ1n) is 3.08. The zero-order valence-electron chi connectivity index (χ0n) is 5.81. The summed E-state index contributed by atoms with van der Waals surface area (Å²) in [6.45, 7) is 2.11. The van der Waals surface area contributed by atoms with Crippen molar-refractivity contribution >= 4 is 10.2 Å². The Hall–Kier alpha value is -0.563. The standard InChI is InChI=1S/C8H10Si/c1-7-4-2-3-5-8(7)6-9/h2-5H,1,9H3. The molecule has 0 N–H and O–H groups in total. The average Bonchev–Trinajstić information content (AvgIpc) is 1.89. The summed E-state index contributed by atoms with van der Waals surface area (Å²) < 4.78 is 0. The first-order chi connectivity index (χ1) is 4.34. The molecule has 2 radical (unpaired) electrons. The molecule has 1 aromatic rings. The van der Waals surface area contributed by atoms with Gasteiger partial charge >= 0.3 is 0 Å². The summed E-state index contributed by atoms with van der Waals surface area (Å²) in [4.78, 5) is 0. The smallest absolute Gasteiger partial charge is 0.0177 e. The van der Waals surface area contributed by atoms with Crippen LogP contribution in [-0.2, 0) is 0 Å². The largest absolute Gasteiger partial charge is 0.0620 e. The van der Waals surface area contributed by atoms with Crippen LogP contribution in [0.15, 0.2) is 24.3 Å². The van der Waals surface area contributed by atoms with Gasteiger partial charge in [0.1, 0.15) is 0 Å². The maximum absolute atomic E-state index is 3.23. The lowest BCUT2D eigenvalue weighted by Gasteiger charge is -1.97. The van der Waals surface area contributed by atoms with Crippen LogP contribution in [0.2, 0.25) is 0 Å². The van der Waals surface area contributed by atoms with Crippen LogP contribution >= 0.6 is 0 Å². The molecule has 0 saturated heterocycles. The fourth-order valence-electron chi connectivity index (χ4n) is 0.853. The van der Waals surface area contributed by atoms with E-state index in [-0.39, 0.29) is 0 Å². The Morgan fingerprint density at radius 2 is 2.00 bits per heavy atom. The number of benzene rings is 1. The molecule has 0 aliphatic carbocycles. The van der Waals surface area contributed by atoms with Gasteiger partial charge in [0.2, 0.25) is 0 Å². The van der Waals surface area contributed by atoms with Crippen molar-refractivity contribution in [1.82, 2.24) is 0 Å². The minimum Gasteiger partial charge on any atom is -0.0620 e. The van der Waals surface area contributed by atoms with Crippen LogP contribution in [0.5, 0.6) is 0 Å². The van der Waals surface area contributed by atoms with E-state index in [9.17, 15) is 0 Å². The minimum atomic E-state index is 1.03. The highest BCUT2D eigenvalue weighted by molar-refractivity contribution is 6.16. The van der Waals surface area contributed by atoms with Gasteiger partial charge in [-0.3, -0.25) is 0 Å². The van der Waals surface area contributed by atoms with Crippen LogP contribution in [0.4, 0.5) is 0 Å². The molecule has 0 aliphatic rings. The van der Waals surface area contributed by atoms with Gasteiger partial charge in [0, 0.05) is 10.2 Å². The predicted molar refractivity (Wildman–Crippen MR) is 43.5 cm³/mol. The summed E-state index contributed by atoms with van der Waals surface area (Å²) >= 11 is 0. The van der Waals surface area contributed by atoms with Crippen molar-refractivity contribution in [3.8, 4) is 0 Å². The third-order valence-corrected chi connectivity index (χ3v) is 1.95. The Kier molecular flexibility index (Phi) is 2.06. The van der Waals surface area contributed by atoms with Gasteiger partial charge in [-0.2, -0.15) is 0 Å². The minimum absolute atomic E-state index is 1.03. The third-order valence-electron chi connectivity index (χ3n) is 1.41. The van der Waals surface area contributed by atoms with Gasteiger partial charge in [0.25, 0.3) is 0 Å². The fourth-order valence-corrected chi connectivity index (χ4v) is 1.41. The number of aryl methyl sites for hydroxylation is 1. The van der Waals surface area contributed by atoms with Gasteiger partial charge < -0.3 is 0 Å². The van der Waals surface area contributed by atoms with Crippen LogP contribution in [0, 0.1) is 13.0 Å². The van der Waals surface area contributed by atoms with E-state index in [1.807, 2.05) is 6.07 Å². The lowest BCUT2D eigenvalue weighted by molar-refractivity contribution is 1.40. The van der Waals surface area contributed by atoms with Gasteiger partial charge in [0.15, 0.2) is 0 Å². The number of hydrogen-bond acceptors (Lipinski definition) is 0. The fraction of sp³-hybridized carbons (Fsp3) is 0.125. The lowest BCUT2D eigenvalue weighted by atomic mass is 10.1. The van der Waals surface area contributed by atoms with Gasteiger partial charge in [-0.15, -0.1) is 0 Å². The monoisotopic (exact) mass is 134 g/mol. The molecule has 0 bridgehead atoms. The molecule has 0 fully saturated rings. The maximum atomic E-state index is 3.23. The van der Waals surface area contributed by atoms with E-state index in [1.165, 1.54) is 11.1 Å². The van der Waals surface area contributed by atoms with Gasteiger partial charge in [0.05, 0.1) is 0 Å². The van der Waals surface area contributed by atoms with Crippen LogP contribution in [0.1, 0.15) is 11.1 Å². The second-order valence-electron chi connectivity index (χ2n) is 2.06. The lowest BCUT2D eigenvalue weighted by Crippen LogP contribution is -1.83. The Bertz CT molecular complexity index is 194. The highest BCUT2D eigenvalue weighted by atomic mass is 28.1. The normalized spacial score (nSPS) is 9.89. The van der Waals surface area contributed by atoms with Gasteiger partial charge in [-0.05, 0) is 24.1 Å². The van der Waals surface area contributed by atoms with Crippen LogP contribution < -0.4 is 0 Å². The molecule has 1 heteroatoms. The molecule has 46 valence electrons. The zero-order valence-corrected chi connectivity index (χ0v) is 7.81. The molecule has 0 unspecified atom stereocenters. The molecule has 0 nitrogen and oxygen atoms in total. The summed E-state index contributed by atoms with van der Waals surface area (Å²) in [6, 6.07) is 11.5. The van der Waals surface area contributed by atoms with Crippen molar-refractivity contribution < 1.29 is 0 Å². The Morgan fingerprint density at radius 1 is 1.33 bits per heavy atom. The summed E-state index contributed by atoms with van der Waals surface area (Å²) in [5, 5.41) is 0.